The van der Waals surface area contributed by atoms with Crippen LogP contribution in [0.15, 0.2) is 321 Å². The number of aryl methyl sites for hydroxylation is 2. The summed E-state index contributed by atoms with van der Waals surface area (Å²) in [6.07, 6.45) is 26.6. The van der Waals surface area contributed by atoms with Gasteiger partial charge in [-0.1, -0.05) is 150 Å². The van der Waals surface area contributed by atoms with Gasteiger partial charge in [0.15, 0.2) is 5.78 Å². The number of fused-ring (bicyclic) bond motifs is 15. The van der Waals surface area contributed by atoms with E-state index in [4.69, 9.17) is 28.0 Å². The molecule has 636 valence electrons. The second-order valence-electron chi connectivity index (χ2n) is 31.0. The first-order valence-corrected chi connectivity index (χ1v) is 42.0. The average Bonchev–Trinajstić information content (AvgIpc) is 1.12. The number of terminal acetylenes is 1. The molecule has 21 rings (SSSR count). The summed E-state index contributed by atoms with van der Waals surface area (Å²) in [4.78, 5) is 81.1. The van der Waals surface area contributed by atoms with Gasteiger partial charge in [-0.2, -0.15) is 10.2 Å². The lowest BCUT2D eigenvalue weighted by Crippen LogP contribution is -2.30. The molecule has 0 amide bonds. The van der Waals surface area contributed by atoms with Gasteiger partial charge in [0, 0.05) is 214 Å². The number of aromatic nitrogens is 8. The van der Waals surface area contributed by atoms with E-state index < -0.39 is 17.9 Å². The fraction of sp³-hybridized carbons (Fsp3) is 0.0857. The Kier molecular flexibility index (Phi) is 25.3. The Morgan fingerprint density at radius 1 is 0.446 bits per heavy atom. The topological polar surface area (TPSA) is 341 Å². The number of ketones is 1. The molecule has 2 unspecified atom stereocenters. The standard InChI is InChI=1S/C22H19N3O2.C21H14ClN5.C21H15N3O2.C21H19N3O.C20H15N3O2/c1-14-3-2-4-15(11-14)7-10-24-21-18-8-9-23-13-19(18)17-6-5-16(22(26)27)12-20(17)25-21;22-14-2-1-3-15(11-14)25-21-17-6-8-23-12-18(17)16-5-4-13(10-20(16)26-21)19-7-9-24-27-19;1-2-13-4-3-5-15(10-13)23-20-17-8-9-22-12-18(17)16-7-6-14(21(25)26)11-19(16)24-20;1-14(25)16-7-8-17-19-13-22-10-9-18(19)21(24-20(17)11-16)23-12-15-5-3-2-4-6-15;1-12-2-5-14(6-3-12)22-19-16-8-9-21-11-17(16)15-7-4-13(20(24)25)10-18(15)23-19/h2-6,8-9,11-13H,7,10H2,1H3,(H,24,25)(H,26,27);1-6,8-12H,7H2,(H,25,26);1,3-12,20,23-24H,(H,25,26);2-11,13,21,23-24H,12H2,1H3;2-11H,1H3,(H,22,23)(H,24,25). The molecule has 25 heteroatoms. The molecule has 130 heavy (non-hydrogen) atoms. The van der Waals surface area contributed by atoms with Crippen molar-refractivity contribution in [3.63, 3.8) is 0 Å². The minimum Gasteiger partial charge on any atom is -0.478 e. The molecule has 0 bridgehead atoms. The average molecular weight is 1730 g/mol. The van der Waals surface area contributed by atoms with E-state index in [2.05, 4.69) is 145 Å². The molecule has 11 heterocycles. The first-order valence-electron chi connectivity index (χ1n) is 41.7. The quantitative estimate of drug-likeness (QED) is 0.0217. The van der Waals surface area contributed by atoms with Gasteiger partial charge >= 0.3 is 17.9 Å². The molecule has 8 aromatic heterocycles. The van der Waals surface area contributed by atoms with Crippen LogP contribution in [0, 0.1) is 26.2 Å². The molecule has 10 aromatic carbocycles. The molecular formula is C105H82ClN17O7. The first-order chi connectivity index (χ1) is 63.4. The van der Waals surface area contributed by atoms with Gasteiger partial charge < -0.3 is 47.2 Å². The molecule has 10 N–H and O–H groups in total. The number of nitrogens with one attached hydrogen (secondary N) is 7. The molecule has 0 radical (unpaired) electrons. The van der Waals surface area contributed by atoms with E-state index in [9.17, 15) is 34.5 Å². The highest BCUT2D eigenvalue weighted by Gasteiger charge is 2.28. The summed E-state index contributed by atoms with van der Waals surface area (Å²) in [5, 5.41) is 69.3. The van der Waals surface area contributed by atoms with Crippen LogP contribution in [0.5, 0.6) is 0 Å². The molecule has 0 fully saturated rings. The van der Waals surface area contributed by atoms with Gasteiger partial charge in [0.25, 0.3) is 0 Å². The van der Waals surface area contributed by atoms with Gasteiger partial charge in [-0.05, 0) is 171 Å². The van der Waals surface area contributed by atoms with E-state index in [-0.39, 0.29) is 34.8 Å². The van der Waals surface area contributed by atoms with Crippen LogP contribution in [0.25, 0.3) is 87.3 Å². The third kappa shape index (κ3) is 19.4. The predicted octanol–water partition coefficient (Wildman–Crippen LogP) is 22.5. The number of benzene rings is 10. The highest BCUT2D eigenvalue weighted by atomic mass is 35.5. The molecule has 0 saturated carbocycles. The number of carbonyl (C=O) groups is 4. The fourth-order valence-corrected chi connectivity index (χ4v) is 16.0. The minimum absolute atomic E-state index is 0.0343. The molecule has 2 atom stereocenters. The number of Topliss-reactive ketones (excluding diaryl/α,β-unsaturated/α-hetero) is 1. The lowest BCUT2D eigenvalue weighted by atomic mass is 9.92. The summed E-state index contributed by atoms with van der Waals surface area (Å²) in [5.41, 5.74) is 21.8. The van der Waals surface area contributed by atoms with Crippen LogP contribution >= 0.6 is 11.6 Å². The first kappa shape index (κ1) is 85.2. The van der Waals surface area contributed by atoms with Crippen LogP contribution in [0.1, 0.15) is 112 Å². The zero-order valence-electron chi connectivity index (χ0n) is 70.4. The molecule has 0 saturated heterocycles. The van der Waals surface area contributed by atoms with Gasteiger partial charge in [0.2, 0.25) is 0 Å². The SMILES string of the molecule is C#Cc1cccc(NC2Nc3cc(C(=O)O)ccc3-c3cnccc32)c1.CC(=O)c1ccc2c(c1)NC(NCc1ccccc1)c1ccncc1-2.Cc1ccc(Nc2nc3cc(C(=O)O)ccc3c3cnccc23)cc1.Cc1cccc(CCNc2nc3cc(C(=O)O)ccc3c3cnccc23)c1.Clc1cccc(Nc2nc3cc(C4=NN=CC4)ccc3c3cnccc23)c1. The van der Waals surface area contributed by atoms with Crippen LogP contribution in [0.3, 0.4) is 0 Å². The second kappa shape index (κ2) is 38.6. The van der Waals surface area contributed by atoms with E-state index in [0.29, 0.717) is 27.4 Å². The summed E-state index contributed by atoms with van der Waals surface area (Å²) >= 11 is 6.12. The number of hydrogen-bond acceptors (Lipinski definition) is 21. The Balaban J connectivity index is 0.000000114. The number of aromatic carboxylic acids is 3. The third-order valence-corrected chi connectivity index (χ3v) is 22.5. The van der Waals surface area contributed by atoms with E-state index in [0.717, 1.165) is 170 Å². The van der Waals surface area contributed by atoms with Crippen LogP contribution in [0.4, 0.5) is 45.9 Å². The van der Waals surface area contributed by atoms with Gasteiger partial charge in [-0.15, -0.1) is 6.42 Å². The zero-order valence-corrected chi connectivity index (χ0v) is 71.2. The number of carboxylic acid groups (broad SMARTS) is 3. The molecule has 0 spiro atoms. The third-order valence-electron chi connectivity index (χ3n) is 22.2. The van der Waals surface area contributed by atoms with Crippen molar-refractivity contribution in [2.75, 3.05) is 38.4 Å². The Morgan fingerprint density at radius 3 is 1.55 bits per heavy atom. The predicted molar refractivity (Wildman–Crippen MR) is 518 cm³/mol. The largest absolute Gasteiger partial charge is 0.478 e. The summed E-state index contributed by atoms with van der Waals surface area (Å²) in [6, 6.07) is 78.7. The Bertz CT molecular complexity index is 7540. The van der Waals surface area contributed by atoms with E-state index in [1.54, 1.807) is 98.8 Å². The number of carbonyl (C=O) groups excluding carboxylic acids is 1. The number of nitrogens with zero attached hydrogens (tertiary/aromatic N) is 10. The zero-order chi connectivity index (χ0) is 89.7. The van der Waals surface area contributed by atoms with E-state index >= 15 is 0 Å². The normalized spacial score (nSPS) is 12.9. The van der Waals surface area contributed by atoms with Crippen molar-refractivity contribution in [3.05, 3.63) is 382 Å². The number of carboxylic acids is 3. The van der Waals surface area contributed by atoms with Crippen molar-refractivity contribution in [3.8, 4) is 34.6 Å². The summed E-state index contributed by atoms with van der Waals surface area (Å²) in [5.74, 6) is 1.99. The number of pyridine rings is 8. The summed E-state index contributed by atoms with van der Waals surface area (Å²) < 4.78 is 0. The number of rotatable bonds is 18. The van der Waals surface area contributed by atoms with Crippen molar-refractivity contribution >= 4 is 158 Å². The van der Waals surface area contributed by atoms with Crippen LogP contribution in [-0.2, 0) is 13.0 Å². The maximum absolute atomic E-state index is 11.7. The maximum Gasteiger partial charge on any atom is 0.335 e. The summed E-state index contributed by atoms with van der Waals surface area (Å²) in [6.45, 7) is 7.19. The Hall–Kier alpha value is -17.0. The fourth-order valence-electron chi connectivity index (χ4n) is 15.8. The van der Waals surface area contributed by atoms with Crippen molar-refractivity contribution in [1.29, 1.82) is 0 Å². The van der Waals surface area contributed by atoms with E-state index in [1.165, 1.54) is 22.3 Å². The highest BCUT2D eigenvalue weighted by Crippen LogP contribution is 2.43. The smallest absolute Gasteiger partial charge is 0.335 e. The van der Waals surface area contributed by atoms with Crippen molar-refractivity contribution < 1.29 is 34.5 Å². The van der Waals surface area contributed by atoms with Crippen LogP contribution in [-0.4, -0.2) is 97.4 Å². The van der Waals surface area contributed by atoms with Crippen molar-refractivity contribution in [2.45, 2.75) is 52.5 Å². The molecule has 3 aliphatic rings. The lowest BCUT2D eigenvalue weighted by molar-refractivity contribution is 0.0686. The van der Waals surface area contributed by atoms with Gasteiger partial charge in [-0.25, -0.2) is 29.3 Å². The minimum atomic E-state index is -0.969. The molecule has 18 aromatic rings. The molecule has 24 nitrogen and oxygen atoms in total. The van der Waals surface area contributed by atoms with E-state index in [1.807, 2.05) is 177 Å². The Labute approximate surface area is 751 Å². The number of hydrogen-bond donors (Lipinski definition) is 10. The van der Waals surface area contributed by atoms with Crippen LogP contribution in [0.2, 0.25) is 5.02 Å². The molecule has 0 aliphatic carbocycles. The van der Waals surface area contributed by atoms with Gasteiger partial charge in [-0.3, -0.25) is 35.0 Å². The highest BCUT2D eigenvalue weighted by molar-refractivity contribution is 6.31. The van der Waals surface area contributed by atoms with Gasteiger partial charge in [0.1, 0.15) is 29.8 Å². The number of halogens is 1. The van der Waals surface area contributed by atoms with Crippen LogP contribution < -0.4 is 37.2 Å². The molecular weight excluding hydrogens is 1650 g/mol. The van der Waals surface area contributed by atoms with Crippen molar-refractivity contribution in [1.82, 2.24) is 45.2 Å². The molecule has 3 aliphatic heterocycles. The number of anilines is 8. The maximum atomic E-state index is 11.7. The van der Waals surface area contributed by atoms with Crippen molar-refractivity contribution in [2.24, 2.45) is 10.2 Å². The van der Waals surface area contributed by atoms with Gasteiger partial charge in [0.05, 0.1) is 39.0 Å². The Morgan fingerprint density at radius 2 is 0.962 bits per heavy atom. The monoisotopic (exact) mass is 1730 g/mol. The summed E-state index contributed by atoms with van der Waals surface area (Å²) in [7, 11) is 0. The second-order valence-corrected chi connectivity index (χ2v) is 31.4. The lowest BCUT2D eigenvalue weighted by Gasteiger charge is -2.31.